The first-order valence-electron chi connectivity index (χ1n) is 4.01. The van der Waals surface area contributed by atoms with Gasteiger partial charge in [0, 0.05) is 12.6 Å². The van der Waals surface area contributed by atoms with E-state index in [0.29, 0.717) is 12.0 Å². The molecule has 1 aliphatic heterocycles. The maximum absolute atomic E-state index is 5.89. The Balaban J connectivity index is 2.13. The van der Waals surface area contributed by atoms with Crippen LogP contribution in [0.1, 0.15) is 6.42 Å². The van der Waals surface area contributed by atoms with E-state index in [4.69, 9.17) is 5.73 Å². The molecule has 0 amide bonds. The lowest BCUT2D eigenvalue weighted by atomic mass is 9.83. The van der Waals surface area contributed by atoms with E-state index in [1.807, 2.05) is 0 Å². The molecule has 2 aliphatic rings. The molecule has 10 heavy (non-hydrogen) atoms. The van der Waals surface area contributed by atoms with E-state index in [1.165, 1.54) is 13.0 Å². The van der Waals surface area contributed by atoms with E-state index in [1.54, 1.807) is 0 Å². The molecule has 3 atom stereocenters. The van der Waals surface area contributed by atoms with Crippen LogP contribution in [0.2, 0.25) is 0 Å². The van der Waals surface area contributed by atoms with Gasteiger partial charge in [0.15, 0.2) is 0 Å². The zero-order valence-corrected chi connectivity index (χ0v) is 6.09. The first kappa shape index (κ1) is 6.38. The summed E-state index contributed by atoms with van der Waals surface area (Å²) in [5.74, 6) is 1.53. The van der Waals surface area contributed by atoms with Crippen LogP contribution < -0.4 is 11.1 Å². The molecule has 0 spiro atoms. The second kappa shape index (κ2) is 2.36. The standard InChI is InChI=1S/C8H14N2/c9-8-3-1-2-6-4-10-5-7(6)8/h1,3,6-8,10H,2,4-5,9H2/t6-,7+,8?/m1/s1. The monoisotopic (exact) mass is 138 g/mol. The van der Waals surface area contributed by atoms with Crippen molar-refractivity contribution in [2.45, 2.75) is 12.5 Å². The van der Waals surface area contributed by atoms with Crippen molar-refractivity contribution < 1.29 is 0 Å². The van der Waals surface area contributed by atoms with Gasteiger partial charge in [-0.3, -0.25) is 0 Å². The third-order valence-electron chi connectivity index (χ3n) is 2.68. The van der Waals surface area contributed by atoms with Crippen LogP contribution in [-0.4, -0.2) is 19.1 Å². The van der Waals surface area contributed by atoms with Crippen LogP contribution in [0.15, 0.2) is 12.2 Å². The summed E-state index contributed by atoms with van der Waals surface area (Å²) in [7, 11) is 0. The van der Waals surface area contributed by atoms with Crippen molar-refractivity contribution in [2.75, 3.05) is 13.1 Å². The maximum Gasteiger partial charge on any atom is 0.0267 e. The predicted molar refractivity (Wildman–Crippen MR) is 41.6 cm³/mol. The fourth-order valence-electron chi connectivity index (χ4n) is 2.02. The van der Waals surface area contributed by atoms with Crippen molar-refractivity contribution in [3.05, 3.63) is 12.2 Å². The molecule has 0 aromatic heterocycles. The number of allylic oxidation sites excluding steroid dienone is 1. The minimum Gasteiger partial charge on any atom is -0.324 e. The Morgan fingerprint density at radius 2 is 2.30 bits per heavy atom. The van der Waals surface area contributed by atoms with Crippen molar-refractivity contribution in [1.29, 1.82) is 0 Å². The van der Waals surface area contributed by atoms with Gasteiger partial charge < -0.3 is 11.1 Å². The summed E-state index contributed by atoms with van der Waals surface area (Å²) < 4.78 is 0. The third kappa shape index (κ3) is 0.879. The Labute approximate surface area is 61.5 Å². The Hall–Kier alpha value is -0.340. The summed E-state index contributed by atoms with van der Waals surface area (Å²) in [6, 6.07) is 0.314. The van der Waals surface area contributed by atoms with Crippen molar-refractivity contribution in [2.24, 2.45) is 17.6 Å². The Kier molecular flexibility index (Phi) is 1.51. The first-order chi connectivity index (χ1) is 4.88. The third-order valence-corrected chi connectivity index (χ3v) is 2.68. The van der Waals surface area contributed by atoms with Gasteiger partial charge in [0.25, 0.3) is 0 Å². The van der Waals surface area contributed by atoms with E-state index in [0.717, 1.165) is 12.5 Å². The molecule has 0 saturated carbocycles. The van der Waals surface area contributed by atoms with Gasteiger partial charge in [0.2, 0.25) is 0 Å². The molecule has 1 unspecified atom stereocenters. The summed E-state index contributed by atoms with van der Waals surface area (Å²) in [5.41, 5.74) is 5.89. The highest BCUT2D eigenvalue weighted by Crippen LogP contribution is 2.27. The van der Waals surface area contributed by atoms with Crippen molar-refractivity contribution in [3.63, 3.8) is 0 Å². The quantitative estimate of drug-likeness (QED) is 0.466. The average molecular weight is 138 g/mol. The van der Waals surface area contributed by atoms with Crippen LogP contribution in [-0.2, 0) is 0 Å². The van der Waals surface area contributed by atoms with Crippen LogP contribution >= 0.6 is 0 Å². The summed E-state index contributed by atoms with van der Waals surface area (Å²) in [4.78, 5) is 0. The lowest BCUT2D eigenvalue weighted by molar-refractivity contribution is 0.371. The van der Waals surface area contributed by atoms with Crippen molar-refractivity contribution in [3.8, 4) is 0 Å². The van der Waals surface area contributed by atoms with Crippen LogP contribution in [0.3, 0.4) is 0 Å². The van der Waals surface area contributed by atoms with Crippen molar-refractivity contribution >= 4 is 0 Å². The fraction of sp³-hybridized carbons (Fsp3) is 0.750. The van der Waals surface area contributed by atoms with Gasteiger partial charge in [-0.1, -0.05) is 12.2 Å². The smallest absolute Gasteiger partial charge is 0.0267 e. The molecule has 0 bridgehead atoms. The second-order valence-corrected chi connectivity index (χ2v) is 3.32. The zero-order valence-electron chi connectivity index (χ0n) is 6.09. The van der Waals surface area contributed by atoms with Crippen LogP contribution in [0.25, 0.3) is 0 Å². The van der Waals surface area contributed by atoms with Crippen LogP contribution in [0.4, 0.5) is 0 Å². The van der Waals surface area contributed by atoms with Gasteiger partial charge in [0.05, 0.1) is 0 Å². The summed E-state index contributed by atoms with van der Waals surface area (Å²) in [6.45, 7) is 2.29. The van der Waals surface area contributed by atoms with E-state index in [2.05, 4.69) is 17.5 Å². The Bertz CT molecular complexity index is 153. The molecule has 0 aromatic carbocycles. The highest BCUT2D eigenvalue weighted by atomic mass is 14.9. The minimum absolute atomic E-state index is 0.314. The molecule has 1 saturated heterocycles. The molecule has 1 aliphatic carbocycles. The summed E-state index contributed by atoms with van der Waals surface area (Å²) >= 11 is 0. The van der Waals surface area contributed by atoms with Gasteiger partial charge in [-0.05, 0) is 24.8 Å². The number of nitrogens with two attached hydrogens (primary N) is 1. The number of fused-ring (bicyclic) bond motifs is 1. The molecule has 0 radical (unpaired) electrons. The van der Waals surface area contributed by atoms with Crippen LogP contribution in [0, 0.1) is 11.8 Å². The molecule has 1 fully saturated rings. The molecular weight excluding hydrogens is 124 g/mol. The van der Waals surface area contributed by atoms with Gasteiger partial charge in [-0.25, -0.2) is 0 Å². The molecular formula is C8H14N2. The molecule has 0 aromatic rings. The highest BCUT2D eigenvalue weighted by Gasteiger charge is 2.31. The molecule has 2 nitrogen and oxygen atoms in total. The van der Waals surface area contributed by atoms with Crippen LogP contribution in [0.5, 0.6) is 0 Å². The van der Waals surface area contributed by atoms with Gasteiger partial charge in [0.1, 0.15) is 0 Å². The maximum atomic E-state index is 5.89. The van der Waals surface area contributed by atoms with Crippen molar-refractivity contribution in [1.82, 2.24) is 5.32 Å². The number of nitrogens with one attached hydrogen (secondary N) is 1. The molecule has 3 N–H and O–H groups in total. The predicted octanol–water partition coefficient (Wildman–Crippen LogP) is 0.109. The van der Waals surface area contributed by atoms with Gasteiger partial charge in [-0.2, -0.15) is 0 Å². The molecule has 1 heterocycles. The molecule has 2 rings (SSSR count). The lowest BCUT2D eigenvalue weighted by Gasteiger charge is -2.25. The second-order valence-electron chi connectivity index (χ2n) is 3.32. The summed E-state index contributed by atoms with van der Waals surface area (Å²) in [5, 5.41) is 3.37. The largest absolute Gasteiger partial charge is 0.324 e. The highest BCUT2D eigenvalue weighted by molar-refractivity contribution is 5.06. The first-order valence-corrected chi connectivity index (χ1v) is 4.01. The molecule has 2 heteroatoms. The fourth-order valence-corrected chi connectivity index (χ4v) is 2.02. The Morgan fingerprint density at radius 3 is 3.10 bits per heavy atom. The van der Waals surface area contributed by atoms with Gasteiger partial charge >= 0.3 is 0 Å². The summed E-state index contributed by atoms with van der Waals surface area (Å²) in [6.07, 6.45) is 5.60. The van der Waals surface area contributed by atoms with Gasteiger partial charge in [-0.15, -0.1) is 0 Å². The molecule has 56 valence electrons. The average Bonchev–Trinajstić information content (AvgIpc) is 2.36. The van der Waals surface area contributed by atoms with E-state index in [9.17, 15) is 0 Å². The van der Waals surface area contributed by atoms with E-state index >= 15 is 0 Å². The minimum atomic E-state index is 0.314. The zero-order chi connectivity index (χ0) is 6.97. The SMILES string of the molecule is NC1C=CC[C@@H]2CNC[C@H]12. The normalized spacial score (nSPS) is 45.5. The van der Waals surface area contributed by atoms with E-state index < -0.39 is 0 Å². The topological polar surface area (TPSA) is 38.0 Å². The number of rotatable bonds is 0. The lowest BCUT2D eigenvalue weighted by Crippen LogP contribution is -2.35. The number of hydrogen-bond donors (Lipinski definition) is 2. The Morgan fingerprint density at radius 1 is 1.40 bits per heavy atom. The van der Waals surface area contributed by atoms with E-state index in [-0.39, 0.29) is 0 Å². The number of hydrogen-bond acceptors (Lipinski definition) is 2.